The molecule has 0 heterocycles. The molecular formula is C12H13F3O5S. The smallest absolute Gasteiger partial charge is 0.374 e. The second-order valence-electron chi connectivity index (χ2n) is 4.10. The van der Waals surface area contributed by atoms with Crippen molar-refractivity contribution in [3.63, 3.8) is 0 Å². The zero-order valence-corrected chi connectivity index (χ0v) is 11.8. The van der Waals surface area contributed by atoms with Crippen LogP contribution in [0.25, 0.3) is 0 Å². The molecule has 1 aromatic rings. The second kappa shape index (κ2) is 7.01. The Labute approximate surface area is 119 Å². The molecule has 0 bridgehead atoms. The van der Waals surface area contributed by atoms with E-state index < -0.39 is 34.1 Å². The molecule has 0 saturated heterocycles. The molecule has 0 unspecified atom stereocenters. The van der Waals surface area contributed by atoms with E-state index in [1.165, 1.54) is 0 Å². The number of alkyl halides is 3. The van der Waals surface area contributed by atoms with Crippen LogP contribution in [0.2, 0.25) is 0 Å². The summed E-state index contributed by atoms with van der Waals surface area (Å²) in [6.07, 6.45) is -1.83. The van der Waals surface area contributed by atoms with Crippen molar-refractivity contribution in [3.05, 3.63) is 35.9 Å². The number of hydrogen-bond acceptors (Lipinski definition) is 5. The molecule has 0 amide bonds. The fourth-order valence-corrected chi connectivity index (χ4v) is 1.88. The average molecular weight is 326 g/mol. The number of ketones is 1. The highest BCUT2D eigenvalue weighted by Crippen LogP contribution is 2.26. The number of rotatable bonds is 7. The predicted molar refractivity (Wildman–Crippen MR) is 66.6 cm³/mol. The minimum Gasteiger partial charge on any atom is -0.374 e. The van der Waals surface area contributed by atoms with Gasteiger partial charge in [0, 0.05) is 0 Å². The first kappa shape index (κ1) is 17.6. The number of Topliss-reactive ketones (excluding diaryl/α,β-unsaturated/α-hetero) is 1. The predicted octanol–water partition coefficient (Wildman–Crippen LogP) is 2.03. The monoisotopic (exact) mass is 326 g/mol. The maximum Gasteiger partial charge on any atom is 0.523 e. The molecule has 0 radical (unpaired) electrons. The number of halogens is 3. The summed E-state index contributed by atoms with van der Waals surface area (Å²) < 4.78 is 67.1. The zero-order valence-electron chi connectivity index (χ0n) is 11.0. The van der Waals surface area contributed by atoms with Gasteiger partial charge in [-0.25, -0.2) is 4.18 Å². The number of ether oxygens (including phenoxy) is 1. The Morgan fingerprint density at radius 3 is 2.29 bits per heavy atom. The highest BCUT2D eigenvalue weighted by atomic mass is 32.2. The summed E-state index contributed by atoms with van der Waals surface area (Å²) in [5.41, 5.74) is -4.86. The minimum atomic E-state index is -5.84. The van der Waals surface area contributed by atoms with Crippen LogP contribution in [0.1, 0.15) is 12.5 Å². The Balaban J connectivity index is 2.61. The lowest BCUT2D eigenvalue weighted by Gasteiger charge is -2.16. The lowest BCUT2D eigenvalue weighted by Crippen LogP contribution is -2.36. The van der Waals surface area contributed by atoms with Gasteiger partial charge in [-0.1, -0.05) is 30.3 Å². The molecule has 0 aliphatic rings. The molecule has 21 heavy (non-hydrogen) atoms. The fourth-order valence-electron chi connectivity index (χ4n) is 1.28. The molecule has 1 atom stereocenters. The summed E-state index contributed by atoms with van der Waals surface area (Å²) in [5, 5.41) is 0. The van der Waals surface area contributed by atoms with E-state index in [-0.39, 0.29) is 6.61 Å². The molecule has 1 aromatic carbocycles. The molecule has 1 rings (SSSR count). The largest absolute Gasteiger partial charge is 0.523 e. The van der Waals surface area contributed by atoms with Gasteiger partial charge in [0.15, 0.2) is 11.9 Å². The van der Waals surface area contributed by atoms with Crippen LogP contribution < -0.4 is 0 Å². The summed E-state index contributed by atoms with van der Waals surface area (Å²) in [6, 6.07) is 8.63. The third-order valence-corrected chi connectivity index (χ3v) is 3.41. The van der Waals surface area contributed by atoms with Crippen LogP contribution in [0, 0.1) is 0 Å². The first-order valence-electron chi connectivity index (χ1n) is 5.75. The summed E-state index contributed by atoms with van der Waals surface area (Å²) in [6.45, 7) is 0.335. The van der Waals surface area contributed by atoms with Gasteiger partial charge in [0.25, 0.3) is 0 Å². The van der Waals surface area contributed by atoms with E-state index in [4.69, 9.17) is 4.74 Å². The highest BCUT2D eigenvalue weighted by molar-refractivity contribution is 7.87. The van der Waals surface area contributed by atoms with Crippen molar-refractivity contribution in [1.29, 1.82) is 0 Å². The van der Waals surface area contributed by atoms with Crippen molar-refractivity contribution in [1.82, 2.24) is 0 Å². The molecule has 0 fully saturated rings. The average Bonchev–Trinajstić information content (AvgIpc) is 2.37. The molecule has 9 heteroatoms. The van der Waals surface area contributed by atoms with Crippen molar-refractivity contribution >= 4 is 15.9 Å². The number of hydrogen-bond donors (Lipinski definition) is 0. The van der Waals surface area contributed by atoms with Crippen LogP contribution in [-0.2, 0) is 30.4 Å². The normalized spacial score (nSPS) is 13.9. The van der Waals surface area contributed by atoms with Crippen molar-refractivity contribution in [2.45, 2.75) is 25.1 Å². The van der Waals surface area contributed by atoms with Gasteiger partial charge in [-0.2, -0.15) is 21.6 Å². The van der Waals surface area contributed by atoms with Crippen LogP contribution >= 0.6 is 0 Å². The lowest BCUT2D eigenvalue weighted by atomic mass is 10.2. The first-order chi connectivity index (χ1) is 9.63. The van der Waals surface area contributed by atoms with E-state index in [2.05, 4.69) is 4.18 Å². The van der Waals surface area contributed by atoms with Crippen molar-refractivity contribution in [3.8, 4) is 0 Å². The van der Waals surface area contributed by atoms with Crippen molar-refractivity contribution in [2.75, 3.05) is 6.61 Å². The Morgan fingerprint density at radius 2 is 1.81 bits per heavy atom. The summed E-state index contributed by atoms with van der Waals surface area (Å²) in [5.74, 6) is -0.879. The Bertz CT molecular complexity index is 568. The van der Waals surface area contributed by atoms with E-state index in [1.54, 1.807) is 30.3 Å². The summed E-state index contributed by atoms with van der Waals surface area (Å²) in [4.78, 5) is 11.2. The van der Waals surface area contributed by atoms with Crippen LogP contribution in [0.5, 0.6) is 0 Å². The van der Waals surface area contributed by atoms with Crippen molar-refractivity contribution < 1.29 is 35.3 Å². The molecule has 0 spiro atoms. The van der Waals surface area contributed by atoms with Crippen molar-refractivity contribution in [2.24, 2.45) is 0 Å². The van der Waals surface area contributed by atoms with Gasteiger partial charge in [-0.3, -0.25) is 4.79 Å². The Morgan fingerprint density at radius 1 is 1.24 bits per heavy atom. The topological polar surface area (TPSA) is 69.7 Å². The van der Waals surface area contributed by atoms with Crippen LogP contribution in [0.15, 0.2) is 30.3 Å². The fraction of sp³-hybridized carbons (Fsp3) is 0.417. The minimum absolute atomic E-state index is 0.0139. The van der Waals surface area contributed by atoms with Gasteiger partial charge in [-0.15, -0.1) is 0 Å². The van der Waals surface area contributed by atoms with E-state index in [0.29, 0.717) is 0 Å². The van der Waals surface area contributed by atoms with Crippen LogP contribution in [-0.4, -0.2) is 32.4 Å². The van der Waals surface area contributed by atoms with E-state index in [9.17, 15) is 26.4 Å². The van der Waals surface area contributed by atoms with Gasteiger partial charge in [0.05, 0.1) is 13.2 Å². The second-order valence-corrected chi connectivity index (χ2v) is 5.66. The Kier molecular flexibility index (Phi) is 5.87. The molecule has 5 nitrogen and oxygen atoms in total. The molecule has 118 valence electrons. The zero-order chi connectivity index (χ0) is 16.1. The molecule has 0 N–H and O–H groups in total. The molecule has 0 aliphatic carbocycles. The van der Waals surface area contributed by atoms with Gasteiger partial charge in [0.2, 0.25) is 0 Å². The highest BCUT2D eigenvalue weighted by Gasteiger charge is 2.49. The maximum absolute atomic E-state index is 12.2. The first-order valence-corrected chi connectivity index (χ1v) is 7.16. The van der Waals surface area contributed by atoms with Crippen LogP contribution in [0.4, 0.5) is 13.2 Å². The summed E-state index contributed by atoms with van der Waals surface area (Å²) in [7, 11) is -5.84. The molecule has 0 saturated carbocycles. The van der Waals surface area contributed by atoms with Crippen LogP contribution in [0.3, 0.4) is 0 Å². The quantitative estimate of drug-likeness (QED) is 0.566. The van der Waals surface area contributed by atoms with Gasteiger partial charge in [0.1, 0.15) is 0 Å². The van der Waals surface area contributed by atoms with E-state index >= 15 is 0 Å². The van der Waals surface area contributed by atoms with Gasteiger partial charge in [-0.05, 0) is 12.5 Å². The maximum atomic E-state index is 12.2. The molecule has 0 aliphatic heterocycles. The standard InChI is InChI=1S/C12H13F3O5S/c1-9(16)11(20-21(17,18)12(13,14)15)8-19-7-10-5-3-2-4-6-10/h2-6,11H,7-8H2,1H3/t11-/m0/s1. The lowest BCUT2D eigenvalue weighted by molar-refractivity contribution is -0.127. The number of carbonyl (C=O) groups is 1. The van der Waals surface area contributed by atoms with E-state index in [1.807, 2.05) is 0 Å². The Hall–Kier alpha value is -1.45. The molecular weight excluding hydrogens is 313 g/mol. The molecule has 0 aromatic heterocycles. The summed E-state index contributed by atoms with van der Waals surface area (Å²) >= 11 is 0. The number of carbonyl (C=O) groups excluding carboxylic acids is 1. The SMILES string of the molecule is CC(=O)[C@H](COCc1ccccc1)OS(=O)(=O)C(F)(F)F. The third-order valence-electron chi connectivity index (χ3n) is 2.36. The third kappa shape index (κ3) is 5.44. The van der Waals surface area contributed by atoms with Gasteiger partial charge >= 0.3 is 15.6 Å². The number of benzene rings is 1. The van der Waals surface area contributed by atoms with E-state index in [0.717, 1.165) is 12.5 Å². The van der Waals surface area contributed by atoms with Gasteiger partial charge < -0.3 is 4.74 Å².